The molecule has 0 aliphatic carbocycles. The fourth-order valence-electron chi connectivity index (χ4n) is 1.81. The third-order valence-electron chi connectivity index (χ3n) is 2.93. The Kier molecular flexibility index (Phi) is 3.20. The van der Waals surface area contributed by atoms with E-state index in [2.05, 4.69) is 0 Å². The van der Waals surface area contributed by atoms with E-state index in [1.165, 1.54) is 12.3 Å². The summed E-state index contributed by atoms with van der Waals surface area (Å²) in [5.41, 5.74) is 0.0765. The van der Waals surface area contributed by atoms with Crippen LogP contribution in [0, 0.1) is 0 Å². The van der Waals surface area contributed by atoms with Gasteiger partial charge in [-0.2, -0.15) is 13.2 Å². The fraction of sp³-hybridized carbons (Fsp3) is 0.333. The molecule has 4 heteroatoms. The number of halogens is 3. The van der Waals surface area contributed by atoms with Gasteiger partial charge in [0.15, 0.2) is 0 Å². The lowest BCUT2D eigenvalue weighted by molar-refractivity contribution is -0.137. The van der Waals surface area contributed by atoms with Gasteiger partial charge in [0.05, 0.1) is 11.8 Å². The second kappa shape index (κ2) is 4.44. The molecule has 0 spiro atoms. The Hall–Kier alpha value is -1.71. The van der Waals surface area contributed by atoms with Crippen LogP contribution in [-0.4, -0.2) is 0 Å². The first-order valence-electron chi connectivity index (χ1n) is 5.94. The monoisotopic (exact) mass is 268 g/mol. The van der Waals surface area contributed by atoms with Crippen molar-refractivity contribution in [1.29, 1.82) is 0 Å². The zero-order valence-corrected chi connectivity index (χ0v) is 11.0. The molecule has 2 rings (SSSR count). The average Bonchev–Trinajstić information content (AvgIpc) is 2.79. The second-order valence-corrected chi connectivity index (χ2v) is 5.52. The van der Waals surface area contributed by atoms with Crippen LogP contribution in [0.4, 0.5) is 13.2 Å². The molecule has 0 bridgehead atoms. The molecule has 0 amide bonds. The van der Waals surface area contributed by atoms with Gasteiger partial charge >= 0.3 is 6.18 Å². The van der Waals surface area contributed by atoms with Gasteiger partial charge in [-0.25, -0.2) is 0 Å². The van der Waals surface area contributed by atoms with E-state index in [4.69, 9.17) is 4.42 Å². The average molecular weight is 268 g/mol. The summed E-state index contributed by atoms with van der Waals surface area (Å²) in [7, 11) is 0. The van der Waals surface area contributed by atoms with Crippen molar-refractivity contribution in [2.45, 2.75) is 32.4 Å². The molecule has 1 aromatic heterocycles. The lowest BCUT2D eigenvalue weighted by Crippen LogP contribution is -2.14. The molecule has 2 aromatic rings. The smallest absolute Gasteiger partial charge is 0.416 e. The maximum Gasteiger partial charge on any atom is 0.416 e. The van der Waals surface area contributed by atoms with Gasteiger partial charge in [-0.1, -0.05) is 20.8 Å². The molecule has 0 aliphatic rings. The van der Waals surface area contributed by atoms with Crippen LogP contribution in [0.25, 0.3) is 11.3 Å². The molecule has 0 radical (unpaired) electrons. The van der Waals surface area contributed by atoms with E-state index in [-0.39, 0.29) is 5.41 Å². The Bertz CT molecular complexity index is 528. The van der Waals surface area contributed by atoms with E-state index < -0.39 is 11.7 Å². The molecule has 0 N–H and O–H groups in total. The van der Waals surface area contributed by atoms with Gasteiger partial charge in [0, 0.05) is 5.56 Å². The predicted molar refractivity (Wildman–Crippen MR) is 67.8 cm³/mol. The van der Waals surface area contributed by atoms with E-state index in [1.807, 2.05) is 20.8 Å². The van der Waals surface area contributed by atoms with Crippen molar-refractivity contribution >= 4 is 0 Å². The van der Waals surface area contributed by atoms with Crippen LogP contribution >= 0.6 is 0 Å². The van der Waals surface area contributed by atoms with Gasteiger partial charge in [-0.05, 0) is 41.3 Å². The first-order valence-corrected chi connectivity index (χ1v) is 5.94. The minimum absolute atomic E-state index is 0.359. The summed E-state index contributed by atoms with van der Waals surface area (Å²) < 4.78 is 44.0. The van der Waals surface area contributed by atoms with Crippen LogP contribution in [0.1, 0.15) is 31.9 Å². The lowest BCUT2D eigenvalue weighted by atomic mass is 9.84. The minimum atomic E-state index is -4.36. The van der Waals surface area contributed by atoms with Gasteiger partial charge in [-0.15, -0.1) is 0 Å². The molecule has 0 fully saturated rings. The molecule has 0 saturated heterocycles. The van der Waals surface area contributed by atoms with Crippen molar-refractivity contribution < 1.29 is 17.6 Å². The number of rotatable bonds is 1. The Labute approximate surface area is 110 Å². The van der Waals surface area contributed by atoms with Crippen molar-refractivity contribution in [3.8, 4) is 11.3 Å². The van der Waals surface area contributed by atoms with Gasteiger partial charge in [0.25, 0.3) is 0 Å². The third kappa shape index (κ3) is 3.00. The van der Waals surface area contributed by atoms with E-state index in [0.29, 0.717) is 16.9 Å². The standard InChI is InChI=1S/C15H15F3O/c1-14(2,3)11-7-10(13-5-4-6-19-13)8-12(9-11)15(16,17)18/h4-9H,1-3H3. The quantitative estimate of drug-likeness (QED) is 0.687. The summed E-state index contributed by atoms with van der Waals surface area (Å²) in [4.78, 5) is 0. The summed E-state index contributed by atoms with van der Waals surface area (Å²) in [6, 6.07) is 7.38. The first-order chi connectivity index (χ1) is 8.68. The number of hydrogen-bond donors (Lipinski definition) is 0. The van der Waals surface area contributed by atoms with E-state index >= 15 is 0 Å². The third-order valence-corrected chi connectivity index (χ3v) is 2.93. The molecule has 0 atom stereocenters. The van der Waals surface area contributed by atoms with Crippen LogP contribution in [0.15, 0.2) is 41.0 Å². The highest BCUT2D eigenvalue weighted by Crippen LogP contribution is 2.36. The lowest BCUT2D eigenvalue weighted by Gasteiger charge is -2.21. The maximum atomic E-state index is 12.9. The number of hydrogen-bond acceptors (Lipinski definition) is 1. The highest BCUT2D eigenvalue weighted by Gasteiger charge is 2.32. The molecule has 1 heterocycles. The van der Waals surface area contributed by atoms with Crippen LogP contribution in [0.2, 0.25) is 0 Å². The molecule has 0 unspecified atom stereocenters. The van der Waals surface area contributed by atoms with Gasteiger partial charge in [0.2, 0.25) is 0 Å². The zero-order chi connectivity index (χ0) is 14.3. The SMILES string of the molecule is CC(C)(C)c1cc(-c2ccco2)cc(C(F)(F)F)c1. The number of furan rings is 1. The topological polar surface area (TPSA) is 13.1 Å². The largest absolute Gasteiger partial charge is 0.464 e. The second-order valence-electron chi connectivity index (χ2n) is 5.52. The number of alkyl halides is 3. The van der Waals surface area contributed by atoms with Gasteiger partial charge in [-0.3, -0.25) is 0 Å². The maximum absolute atomic E-state index is 12.9. The van der Waals surface area contributed by atoms with Crippen LogP contribution in [0.3, 0.4) is 0 Å². The minimum Gasteiger partial charge on any atom is -0.464 e. The van der Waals surface area contributed by atoms with Crippen LogP contribution in [-0.2, 0) is 11.6 Å². The van der Waals surface area contributed by atoms with Crippen molar-refractivity contribution in [3.05, 3.63) is 47.7 Å². The highest BCUT2D eigenvalue weighted by molar-refractivity contribution is 5.60. The van der Waals surface area contributed by atoms with E-state index in [9.17, 15) is 13.2 Å². The molecule has 0 saturated carbocycles. The molecule has 1 aromatic carbocycles. The molecule has 102 valence electrons. The molecule has 1 nitrogen and oxygen atoms in total. The van der Waals surface area contributed by atoms with Crippen molar-refractivity contribution in [2.24, 2.45) is 0 Å². The van der Waals surface area contributed by atoms with E-state index in [1.54, 1.807) is 18.2 Å². The Morgan fingerprint density at radius 3 is 2.05 bits per heavy atom. The first kappa shape index (κ1) is 13.7. The van der Waals surface area contributed by atoms with Crippen molar-refractivity contribution in [2.75, 3.05) is 0 Å². The molecular formula is C15H15F3O. The van der Waals surface area contributed by atoms with Crippen molar-refractivity contribution in [1.82, 2.24) is 0 Å². The molecular weight excluding hydrogens is 253 g/mol. The molecule has 19 heavy (non-hydrogen) atoms. The Morgan fingerprint density at radius 2 is 1.58 bits per heavy atom. The van der Waals surface area contributed by atoms with Crippen molar-refractivity contribution in [3.63, 3.8) is 0 Å². The Morgan fingerprint density at radius 1 is 0.947 bits per heavy atom. The summed E-state index contributed by atoms with van der Waals surface area (Å²) in [6.07, 6.45) is -2.91. The summed E-state index contributed by atoms with van der Waals surface area (Å²) in [5.74, 6) is 0.441. The highest BCUT2D eigenvalue weighted by atomic mass is 19.4. The predicted octanol–water partition coefficient (Wildman–Crippen LogP) is 5.26. The zero-order valence-electron chi connectivity index (χ0n) is 11.0. The number of benzene rings is 1. The van der Waals surface area contributed by atoms with Crippen LogP contribution < -0.4 is 0 Å². The van der Waals surface area contributed by atoms with Gasteiger partial charge < -0.3 is 4.42 Å². The fourth-order valence-corrected chi connectivity index (χ4v) is 1.81. The summed E-state index contributed by atoms with van der Waals surface area (Å²) in [5, 5.41) is 0. The molecule has 0 aliphatic heterocycles. The van der Waals surface area contributed by atoms with Gasteiger partial charge in [0.1, 0.15) is 5.76 Å². The summed E-state index contributed by atoms with van der Waals surface area (Å²) >= 11 is 0. The normalized spacial score (nSPS) is 12.7. The Balaban J connectivity index is 2.62. The summed E-state index contributed by atoms with van der Waals surface area (Å²) in [6.45, 7) is 5.65. The van der Waals surface area contributed by atoms with E-state index in [0.717, 1.165) is 6.07 Å². The van der Waals surface area contributed by atoms with Crippen LogP contribution in [0.5, 0.6) is 0 Å².